The van der Waals surface area contributed by atoms with Crippen LogP contribution >= 0.6 is 0 Å². The molecule has 6 heteroatoms. The van der Waals surface area contributed by atoms with Crippen LogP contribution in [0.5, 0.6) is 0 Å². The van der Waals surface area contributed by atoms with Gasteiger partial charge < -0.3 is 29.7 Å². The molecule has 1 atom stereocenters. The predicted octanol–water partition coefficient (Wildman–Crippen LogP) is 2.13. The van der Waals surface area contributed by atoms with Crippen molar-refractivity contribution in [1.29, 1.82) is 0 Å². The molecule has 1 aromatic carbocycles. The van der Waals surface area contributed by atoms with Gasteiger partial charge in [0, 0.05) is 31.9 Å². The molecule has 0 saturated carbocycles. The summed E-state index contributed by atoms with van der Waals surface area (Å²) in [5, 5.41) is 6.84. The molecule has 2 rings (SSSR count). The summed E-state index contributed by atoms with van der Waals surface area (Å²) < 4.78 is 15.8. The van der Waals surface area contributed by atoms with Crippen LogP contribution in [0.3, 0.4) is 0 Å². The lowest BCUT2D eigenvalue weighted by Crippen LogP contribution is -2.31. The van der Waals surface area contributed by atoms with Crippen LogP contribution in [0.15, 0.2) is 24.3 Å². The smallest absolute Gasteiger partial charge is 0.0701 e. The van der Waals surface area contributed by atoms with Gasteiger partial charge in [0.1, 0.15) is 0 Å². The van der Waals surface area contributed by atoms with Gasteiger partial charge in [-0.2, -0.15) is 0 Å². The van der Waals surface area contributed by atoms with Crippen LogP contribution in [-0.2, 0) is 14.2 Å². The number of benzene rings is 1. The van der Waals surface area contributed by atoms with Crippen molar-refractivity contribution in [2.45, 2.75) is 18.9 Å². The van der Waals surface area contributed by atoms with Gasteiger partial charge in [0.05, 0.1) is 33.0 Å². The second-order valence-electron chi connectivity index (χ2n) is 6.62. The summed E-state index contributed by atoms with van der Waals surface area (Å²) in [5.74, 6) is 0. The summed E-state index contributed by atoms with van der Waals surface area (Å²) in [5.41, 5.74) is 2.47. The molecule has 26 heavy (non-hydrogen) atoms. The molecule has 1 aromatic rings. The molecule has 1 heterocycles. The highest BCUT2D eigenvalue weighted by Gasteiger charge is 2.17. The number of nitrogens with one attached hydrogen (secondary N) is 2. The Balaban J connectivity index is 1.60. The molecule has 1 unspecified atom stereocenters. The van der Waals surface area contributed by atoms with Gasteiger partial charge in [0.2, 0.25) is 0 Å². The number of hydrogen-bond donors (Lipinski definition) is 2. The number of nitrogens with zero attached hydrogens (tertiary/aromatic N) is 1. The third-order valence-electron chi connectivity index (χ3n) is 4.68. The van der Waals surface area contributed by atoms with E-state index in [1.54, 1.807) is 7.11 Å². The lowest BCUT2D eigenvalue weighted by atomic mass is 10.1. The zero-order valence-corrected chi connectivity index (χ0v) is 16.3. The van der Waals surface area contributed by atoms with Crippen molar-refractivity contribution in [3.63, 3.8) is 0 Å². The van der Waals surface area contributed by atoms with Gasteiger partial charge in [-0.25, -0.2) is 0 Å². The normalized spacial score (nSPS) is 16.1. The van der Waals surface area contributed by atoms with Gasteiger partial charge in [-0.15, -0.1) is 0 Å². The molecule has 0 amide bonds. The zero-order valence-electron chi connectivity index (χ0n) is 16.3. The molecule has 0 aromatic heterocycles. The van der Waals surface area contributed by atoms with E-state index in [2.05, 4.69) is 39.8 Å². The summed E-state index contributed by atoms with van der Waals surface area (Å²) in [7, 11) is 3.72. The van der Waals surface area contributed by atoms with Gasteiger partial charge in [0.25, 0.3) is 0 Å². The van der Waals surface area contributed by atoms with Crippen LogP contribution in [0.4, 0.5) is 5.69 Å². The van der Waals surface area contributed by atoms with Crippen LogP contribution in [-0.4, -0.2) is 78.3 Å². The number of rotatable bonds is 14. The van der Waals surface area contributed by atoms with E-state index in [0.29, 0.717) is 39.1 Å². The van der Waals surface area contributed by atoms with Crippen LogP contribution in [0, 0.1) is 0 Å². The minimum atomic E-state index is 0.392. The Morgan fingerprint density at radius 2 is 1.62 bits per heavy atom. The molecular formula is C20H35N3O3. The van der Waals surface area contributed by atoms with Gasteiger partial charge in [-0.3, -0.25) is 0 Å². The Bertz CT molecular complexity index is 464. The van der Waals surface area contributed by atoms with Crippen LogP contribution in [0.25, 0.3) is 0 Å². The van der Waals surface area contributed by atoms with Crippen LogP contribution in [0.2, 0.25) is 0 Å². The van der Waals surface area contributed by atoms with Crippen molar-refractivity contribution in [3.8, 4) is 0 Å². The maximum Gasteiger partial charge on any atom is 0.0701 e. The van der Waals surface area contributed by atoms with E-state index in [0.717, 1.165) is 18.8 Å². The average Bonchev–Trinajstić information content (AvgIpc) is 3.18. The molecule has 2 N–H and O–H groups in total. The van der Waals surface area contributed by atoms with E-state index in [-0.39, 0.29) is 0 Å². The van der Waals surface area contributed by atoms with E-state index in [9.17, 15) is 0 Å². The van der Waals surface area contributed by atoms with Gasteiger partial charge in [0.15, 0.2) is 0 Å². The highest BCUT2D eigenvalue weighted by atomic mass is 16.5. The molecule has 0 spiro atoms. The fourth-order valence-electron chi connectivity index (χ4n) is 3.15. The SMILES string of the molecule is CNC(CN1CCCC1)c1ccc(NCCOCCOCCOC)cc1. The molecule has 1 fully saturated rings. The number of likely N-dealkylation sites (tertiary alicyclic amines) is 1. The third kappa shape index (κ3) is 8.01. The molecule has 1 saturated heterocycles. The quantitative estimate of drug-likeness (QED) is 0.493. The fourth-order valence-corrected chi connectivity index (χ4v) is 3.15. The topological polar surface area (TPSA) is 55.0 Å². The summed E-state index contributed by atoms with van der Waals surface area (Å²) >= 11 is 0. The Hall–Kier alpha value is -1.18. The Morgan fingerprint density at radius 1 is 0.962 bits per heavy atom. The number of ether oxygens (including phenoxy) is 3. The number of methoxy groups -OCH3 is 1. The first-order valence-corrected chi connectivity index (χ1v) is 9.71. The van der Waals surface area contributed by atoms with Crippen LogP contribution in [0.1, 0.15) is 24.4 Å². The maximum absolute atomic E-state index is 5.55. The minimum absolute atomic E-state index is 0.392. The monoisotopic (exact) mass is 365 g/mol. The van der Waals surface area contributed by atoms with E-state index < -0.39 is 0 Å². The largest absolute Gasteiger partial charge is 0.383 e. The molecule has 1 aliphatic heterocycles. The minimum Gasteiger partial charge on any atom is -0.383 e. The van der Waals surface area contributed by atoms with Crippen LogP contribution < -0.4 is 10.6 Å². The second-order valence-corrected chi connectivity index (χ2v) is 6.62. The molecular weight excluding hydrogens is 330 g/mol. The van der Waals surface area contributed by atoms with Crippen molar-refractivity contribution in [1.82, 2.24) is 10.2 Å². The first-order valence-electron chi connectivity index (χ1n) is 9.71. The first kappa shape index (κ1) is 21.1. The number of hydrogen-bond acceptors (Lipinski definition) is 6. The highest BCUT2D eigenvalue weighted by Crippen LogP contribution is 2.19. The highest BCUT2D eigenvalue weighted by molar-refractivity contribution is 5.45. The fraction of sp³-hybridized carbons (Fsp3) is 0.700. The van der Waals surface area contributed by atoms with Gasteiger partial charge in [-0.1, -0.05) is 12.1 Å². The van der Waals surface area contributed by atoms with Crippen molar-refractivity contribution in [2.75, 3.05) is 78.7 Å². The standard InChI is InChI=1S/C20H35N3O3/c1-21-20(17-23-10-3-4-11-23)18-5-7-19(8-6-18)22-9-12-25-15-16-26-14-13-24-2/h5-8,20-22H,3-4,9-17H2,1-2H3. The predicted molar refractivity (Wildman–Crippen MR) is 106 cm³/mol. The van der Waals surface area contributed by atoms with Crippen molar-refractivity contribution in [3.05, 3.63) is 29.8 Å². The average molecular weight is 366 g/mol. The summed E-state index contributed by atoms with van der Waals surface area (Å²) in [4.78, 5) is 2.55. The Kier molecular flexibility index (Phi) is 10.6. The molecule has 0 aliphatic carbocycles. The van der Waals surface area contributed by atoms with E-state index in [1.807, 2.05) is 7.05 Å². The third-order valence-corrected chi connectivity index (χ3v) is 4.68. The molecule has 0 bridgehead atoms. The van der Waals surface area contributed by atoms with E-state index in [4.69, 9.17) is 14.2 Å². The van der Waals surface area contributed by atoms with Gasteiger partial charge in [-0.05, 0) is 50.7 Å². The van der Waals surface area contributed by atoms with Crippen molar-refractivity contribution in [2.24, 2.45) is 0 Å². The first-order chi connectivity index (χ1) is 12.8. The second kappa shape index (κ2) is 13.1. The lowest BCUT2D eigenvalue weighted by molar-refractivity contribution is 0.0272. The number of likely N-dealkylation sites (N-methyl/N-ethyl adjacent to an activating group) is 1. The van der Waals surface area contributed by atoms with Crippen molar-refractivity contribution < 1.29 is 14.2 Å². The van der Waals surface area contributed by atoms with E-state index in [1.165, 1.54) is 31.5 Å². The van der Waals surface area contributed by atoms with Gasteiger partial charge >= 0.3 is 0 Å². The zero-order chi connectivity index (χ0) is 18.5. The Morgan fingerprint density at radius 3 is 2.27 bits per heavy atom. The molecule has 0 radical (unpaired) electrons. The van der Waals surface area contributed by atoms with Crippen molar-refractivity contribution >= 4 is 5.69 Å². The molecule has 1 aliphatic rings. The summed E-state index contributed by atoms with van der Waals surface area (Å²) in [6.45, 7) is 7.49. The summed E-state index contributed by atoms with van der Waals surface area (Å²) in [6, 6.07) is 9.12. The summed E-state index contributed by atoms with van der Waals surface area (Å²) in [6.07, 6.45) is 2.67. The van der Waals surface area contributed by atoms with E-state index >= 15 is 0 Å². The lowest BCUT2D eigenvalue weighted by Gasteiger charge is -2.23. The molecule has 6 nitrogen and oxygen atoms in total. The maximum atomic E-state index is 5.55. The molecule has 148 valence electrons. The Labute approximate surface area is 158 Å². The number of anilines is 1.